The van der Waals surface area contributed by atoms with Gasteiger partial charge in [-0.05, 0) is 47.0 Å². The third kappa shape index (κ3) is 3.05. The highest BCUT2D eigenvalue weighted by Crippen LogP contribution is 2.44. The molecule has 1 aromatic rings. The molecule has 1 aliphatic carbocycles. The Hall–Kier alpha value is -0.140. The van der Waals surface area contributed by atoms with Crippen molar-refractivity contribution in [3.63, 3.8) is 0 Å². The van der Waals surface area contributed by atoms with Crippen LogP contribution in [-0.4, -0.2) is 26.7 Å². The summed E-state index contributed by atoms with van der Waals surface area (Å²) in [6.07, 6.45) is 1.71. The molecule has 1 aromatic carbocycles. The lowest BCUT2D eigenvalue weighted by atomic mass is 10.1. The number of hydrogen-bond acceptors (Lipinski definition) is 3. The summed E-state index contributed by atoms with van der Waals surface area (Å²) in [6.45, 7) is 0.284. The van der Waals surface area contributed by atoms with Crippen LogP contribution in [0.5, 0.6) is 0 Å². The highest BCUT2D eigenvalue weighted by atomic mass is 79.9. The number of sulfonamides is 1. The first-order chi connectivity index (χ1) is 8.38. The second-order valence-electron chi connectivity index (χ2n) is 4.56. The van der Waals surface area contributed by atoms with Crippen molar-refractivity contribution in [2.75, 3.05) is 13.2 Å². The summed E-state index contributed by atoms with van der Waals surface area (Å²) in [6, 6.07) is 4.44. The highest BCUT2D eigenvalue weighted by molar-refractivity contribution is 9.10. The molecule has 0 aromatic heterocycles. The minimum absolute atomic E-state index is 0.0137. The molecule has 0 saturated heterocycles. The Balaban J connectivity index is 2.13. The van der Waals surface area contributed by atoms with Gasteiger partial charge in [0.15, 0.2) is 0 Å². The second kappa shape index (κ2) is 5.09. The van der Waals surface area contributed by atoms with Gasteiger partial charge in [0.05, 0.1) is 9.92 Å². The fraction of sp³-hybridized carbons (Fsp3) is 0.455. The van der Waals surface area contributed by atoms with E-state index in [2.05, 4.69) is 20.7 Å². The molecule has 18 heavy (non-hydrogen) atoms. The third-order valence-electron chi connectivity index (χ3n) is 3.13. The zero-order chi connectivity index (χ0) is 13.4. The molecule has 1 fully saturated rings. The van der Waals surface area contributed by atoms with Gasteiger partial charge in [0.2, 0.25) is 10.0 Å². The molecule has 0 bridgehead atoms. The lowest BCUT2D eigenvalue weighted by molar-refractivity contribution is 0.213. The van der Waals surface area contributed by atoms with Gasteiger partial charge in [-0.25, -0.2) is 13.1 Å². The van der Waals surface area contributed by atoms with E-state index < -0.39 is 10.0 Å². The van der Waals surface area contributed by atoms with E-state index in [4.69, 9.17) is 16.7 Å². The number of aliphatic hydroxyl groups excluding tert-OH is 1. The normalized spacial score (nSPS) is 17.7. The number of rotatable bonds is 5. The van der Waals surface area contributed by atoms with Crippen LogP contribution in [-0.2, 0) is 10.0 Å². The van der Waals surface area contributed by atoms with E-state index in [1.54, 1.807) is 0 Å². The van der Waals surface area contributed by atoms with Crippen LogP contribution in [0.3, 0.4) is 0 Å². The van der Waals surface area contributed by atoms with Crippen LogP contribution in [0.15, 0.2) is 27.6 Å². The molecule has 0 atom stereocenters. The van der Waals surface area contributed by atoms with Crippen molar-refractivity contribution < 1.29 is 13.5 Å². The van der Waals surface area contributed by atoms with Crippen LogP contribution in [0.2, 0.25) is 5.02 Å². The summed E-state index contributed by atoms with van der Waals surface area (Å²) >= 11 is 9.01. The van der Waals surface area contributed by atoms with Crippen molar-refractivity contribution in [1.29, 1.82) is 0 Å². The SMILES string of the molecule is O=S(=O)(NCC1(CO)CC1)c1ccc(Cl)c(Br)c1. The molecule has 1 saturated carbocycles. The van der Waals surface area contributed by atoms with Crippen LogP contribution in [0.4, 0.5) is 0 Å². The summed E-state index contributed by atoms with van der Waals surface area (Å²) in [7, 11) is -3.55. The molecule has 2 rings (SSSR count). The zero-order valence-corrected chi connectivity index (χ0v) is 12.6. The smallest absolute Gasteiger partial charge is 0.240 e. The van der Waals surface area contributed by atoms with E-state index in [1.807, 2.05) is 0 Å². The Morgan fingerprint density at radius 1 is 1.44 bits per heavy atom. The topological polar surface area (TPSA) is 66.4 Å². The van der Waals surface area contributed by atoms with Crippen molar-refractivity contribution in [1.82, 2.24) is 4.72 Å². The van der Waals surface area contributed by atoms with Gasteiger partial charge in [-0.3, -0.25) is 0 Å². The molecule has 4 nitrogen and oxygen atoms in total. The van der Waals surface area contributed by atoms with Gasteiger partial charge in [0.1, 0.15) is 0 Å². The summed E-state index contributed by atoms with van der Waals surface area (Å²) in [5, 5.41) is 9.61. The molecule has 0 spiro atoms. The number of nitrogens with one attached hydrogen (secondary N) is 1. The number of benzene rings is 1. The quantitative estimate of drug-likeness (QED) is 0.851. The molecule has 0 aliphatic heterocycles. The predicted molar refractivity (Wildman–Crippen MR) is 73.1 cm³/mol. The molecule has 2 N–H and O–H groups in total. The molecule has 7 heteroatoms. The predicted octanol–water partition coefficient (Wildman–Crippen LogP) is 2.15. The Kier molecular flexibility index (Phi) is 4.04. The van der Waals surface area contributed by atoms with Gasteiger partial charge in [-0.1, -0.05) is 11.6 Å². The molecule has 0 radical (unpaired) electrons. The van der Waals surface area contributed by atoms with Gasteiger partial charge in [-0.15, -0.1) is 0 Å². The maximum Gasteiger partial charge on any atom is 0.240 e. The largest absolute Gasteiger partial charge is 0.396 e. The summed E-state index contributed by atoms with van der Waals surface area (Å²) in [4.78, 5) is 0.160. The van der Waals surface area contributed by atoms with Crippen LogP contribution in [0.1, 0.15) is 12.8 Å². The van der Waals surface area contributed by atoms with Gasteiger partial charge >= 0.3 is 0 Å². The molecular formula is C11H13BrClNO3S. The fourth-order valence-electron chi connectivity index (χ4n) is 1.54. The number of hydrogen-bond donors (Lipinski definition) is 2. The van der Waals surface area contributed by atoms with Crippen molar-refractivity contribution in [3.05, 3.63) is 27.7 Å². The van der Waals surface area contributed by atoms with E-state index >= 15 is 0 Å². The van der Waals surface area contributed by atoms with Crippen LogP contribution in [0.25, 0.3) is 0 Å². The average molecular weight is 355 g/mol. The second-order valence-corrected chi connectivity index (χ2v) is 7.59. The molecular weight excluding hydrogens is 342 g/mol. The summed E-state index contributed by atoms with van der Waals surface area (Å²) < 4.78 is 27.1. The fourth-order valence-corrected chi connectivity index (χ4v) is 3.37. The third-order valence-corrected chi connectivity index (χ3v) is 5.74. The minimum atomic E-state index is -3.55. The van der Waals surface area contributed by atoms with Gasteiger partial charge < -0.3 is 5.11 Å². The molecule has 0 unspecified atom stereocenters. The molecule has 100 valence electrons. The van der Waals surface area contributed by atoms with Crippen LogP contribution >= 0.6 is 27.5 Å². The van der Waals surface area contributed by atoms with E-state index in [1.165, 1.54) is 18.2 Å². The van der Waals surface area contributed by atoms with Crippen molar-refractivity contribution in [2.45, 2.75) is 17.7 Å². The van der Waals surface area contributed by atoms with Crippen molar-refractivity contribution in [3.8, 4) is 0 Å². The molecule has 0 heterocycles. The van der Waals surface area contributed by atoms with Gasteiger partial charge in [0, 0.05) is 23.0 Å². The zero-order valence-electron chi connectivity index (χ0n) is 9.49. The average Bonchev–Trinajstić information content (AvgIpc) is 3.11. The number of halogens is 2. The highest BCUT2D eigenvalue weighted by Gasteiger charge is 2.42. The Bertz CT molecular complexity index is 557. The van der Waals surface area contributed by atoms with Crippen LogP contribution < -0.4 is 4.72 Å². The summed E-state index contributed by atoms with van der Waals surface area (Å²) in [5.74, 6) is 0. The van der Waals surface area contributed by atoms with Crippen molar-refractivity contribution in [2.24, 2.45) is 5.41 Å². The van der Waals surface area contributed by atoms with E-state index in [9.17, 15) is 8.42 Å². The van der Waals surface area contributed by atoms with Gasteiger partial charge in [-0.2, -0.15) is 0 Å². The Morgan fingerprint density at radius 2 is 2.11 bits per heavy atom. The van der Waals surface area contributed by atoms with Crippen LogP contribution in [0, 0.1) is 5.41 Å². The molecule has 1 aliphatic rings. The first-order valence-electron chi connectivity index (χ1n) is 5.44. The standard InChI is InChI=1S/C11H13BrClNO3S/c12-9-5-8(1-2-10(9)13)18(16,17)14-6-11(7-15)3-4-11/h1-2,5,14-15H,3-4,6-7H2. The maximum absolute atomic E-state index is 12.0. The van der Waals surface area contributed by atoms with E-state index in [-0.39, 0.29) is 23.5 Å². The van der Waals surface area contributed by atoms with E-state index in [0.717, 1.165) is 12.8 Å². The first kappa shape index (κ1) is 14.3. The van der Waals surface area contributed by atoms with Gasteiger partial charge in [0.25, 0.3) is 0 Å². The lowest BCUT2D eigenvalue weighted by Gasteiger charge is -2.13. The van der Waals surface area contributed by atoms with Crippen molar-refractivity contribution >= 4 is 37.6 Å². The Labute approximate surface area is 120 Å². The monoisotopic (exact) mass is 353 g/mol. The maximum atomic E-state index is 12.0. The molecule has 0 amide bonds. The summed E-state index contributed by atoms with van der Waals surface area (Å²) in [5.41, 5.74) is -0.253. The number of aliphatic hydroxyl groups is 1. The lowest BCUT2D eigenvalue weighted by Crippen LogP contribution is -2.31. The van der Waals surface area contributed by atoms with E-state index in [0.29, 0.717) is 9.50 Å². The first-order valence-corrected chi connectivity index (χ1v) is 8.10. The minimum Gasteiger partial charge on any atom is -0.396 e. The Morgan fingerprint density at radius 3 is 2.61 bits per heavy atom.